The molecule has 9 heteroatoms. The Morgan fingerprint density at radius 2 is 1.77 bits per heavy atom. The maximum absolute atomic E-state index is 14.2. The third kappa shape index (κ3) is 4.66. The van der Waals surface area contributed by atoms with E-state index >= 15 is 0 Å². The molecule has 0 spiro atoms. The smallest absolute Gasteiger partial charge is 0.338 e. The highest BCUT2D eigenvalue weighted by atomic mass is 32.1. The standard InChI is InChI=1S/C31H30N2O6S/c1-6-38-28-20(12-10-14-23(28)37-5)17-24-29(34)33-27(25(30(35)39-7-2)18(3)32-31(33)40-24)26-21-13-9-8-11-19(21)15-16-22(26)36-4/h8-17,27H,6-7H2,1-5H3/b24-17-/t27-/m1/s1. The number of esters is 1. The molecule has 8 nitrogen and oxygen atoms in total. The summed E-state index contributed by atoms with van der Waals surface area (Å²) in [6.07, 6.45) is 1.78. The van der Waals surface area contributed by atoms with Crippen LogP contribution in [-0.4, -0.2) is 38.0 Å². The van der Waals surface area contributed by atoms with E-state index in [-0.39, 0.29) is 12.2 Å². The van der Waals surface area contributed by atoms with Crippen molar-refractivity contribution in [2.45, 2.75) is 26.8 Å². The molecule has 0 saturated heterocycles. The van der Waals surface area contributed by atoms with Gasteiger partial charge in [-0.1, -0.05) is 53.8 Å². The lowest BCUT2D eigenvalue weighted by Crippen LogP contribution is -2.40. The average Bonchev–Trinajstić information content (AvgIpc) is 3.26. The minimum Gasteiger partial charge on any atom is -0.496 e. The molecule has 3 aromatic carbocycles. The number of hydrogen-bond acceptors (Lipinski definition) is 8. The van der Waals surface area contributed by atoms with Crippen molar-refractivity contribution >= 4 is 34.2 Å². The van der Waals surface area contributed by atoms with E-state index in [4.69, 9.17) is 23.9 Å². The molecule has 206 valence electrons. The lowest BCUT2D eigenvalue weighted by Gasteiger charge is -2.27. The maximum Gasteiger partial charge on any atom is 0.338 e. The predicted molar refractivity (Wildman–Crippen MR) is 155 cm³/mol. The number of carbonyl (C=O) groups excluding carboxylic acids is 1. The van der Waals surface area contributed by atoms with Gasteiger partial charge in [0.05, 0.1) is 43.2 Å². The lowest BCUT2D eigenvalue weighted by molar-refractivity contribution is -0.139. The van der Waals surface area contributed by atoms with Crippen LogP contribution >= 0.6 is 11.3 Å². The van der Waals surface area contributed by atoms with E-state index in [2.05, 4.69) is 0 Å². The van der Waals surface area contributed by atoms with Crippen LogP contribution in [0, 0.1) is 0 Å². The number of methoxy groups -OCH3 is 2. The van der Waals surface area contributed by atoms with Crippen LogP contribution < -0.4 is 29.1 Å². The fourth-order valence-electron chi connectivity index (χ4n) is 5.05. The van der Waals surface area contributed by atoms with Crippen LogP contribution in [0.4, 0.5) is 0 Å². The van der Waals surface area contributed by atoms with E-state index in [1.807, 2.05) is 61.5 Å². The first kappa shape index (κ1) is 27.2. The van der Waals surface area contributed by atoms with Crippen LogP contribution in [0.25, 0.3) is 16.8 Å². The molecule has 1 aliphatic rings. The van der Waals surface area contributed by atoms with Crippen molar-refractivity contribution in [3.05, 3.63) is 96.7 Å². The van der Waals surface area contributed by atoms with Crippen LogP contribution in [0.2, 0.25) is 0 Å². The summed E-state index contributed by atoms with van der Waals surface area (Å²) in [4.78, 5) is 32.8. The Bertz CT molecular complexity index is 1820. The van der Waals surface area contributed by atoms with E-state index < -0.39 is 12.0 Å². The predicted octanol–water partition coefficient (Wildman–Crippen LogP) is 4.37. The van der Waals surface area contributed by atoms with Gasteiger partial charge >= 0.3 is 5.97 Å². The molecular formula is C31H30N2O6S. The summed E-state index contributed by atoms with van der Waals surface area (Å²) in [6.45, 7) is 6.03. The quantitative estimate of drug-likeness (QED) is 0.299. The Morgan fingerprint density at radius 3 is 2.50 bits per heavy atom. The molecule has 0 saturated carbocycles. The van der Waals surface area contributed by atoms with E-state index in [0.717, 1.165) is 10.8 Å². The summed E-state index contributed by atoms with van der Waals surface area (Å²) in [5.74, 6) is 1.15. The molecule has 0 bridgehead atoms. The number of benzene rings is 3. The van der Waals surface area contributed by atoms with Crippen molar-refractivity contribution in [1.82, 2.24) is 4.57 Å². The van der Waals surface area contributed by atoms with Crippen molar-refractivity contribution in [1.29, 1.82) is 0 Å². The number of para-hydroxylation sites is 1. The van der Waals surface area contributed by atoms with Crippen LogP contribution in [0.1, 0.15) is 37.9 Å². The highest BCUT2D eigenvalue weighted by Crippen LogP contribution is 2.40. The highest BCUT2D eigenvalue weighted by Gasteiger charge is 2.36. The lowest BCUT2D eigenvalue weighted by atomic mass is 9.90. The zero-order valence-electron chi connectivity index (χ0n) is 23.0. The molecule has 4 aromatic rings. The Labute approximate surface area is 235 Å². The number of hydrogen-bond donors (Lipinski definition) is 0. The minimum atomic E-state index is -0.810. The Kier molecular flexibility index (Phi) is 7.75. The topological polar surface area (TPSA) is 88.4 Å². The molecule has 0 N–H and O–H groups in total. The zero-order chi connectivity index (χ0) is 28.4. The number of carbonyl (C=O) groups is 1. The van der Waals surface area contributed by atoms with Gasteiger partial charge < -0.3 is 18.9 Å². The SMILES string of the molecule is CCOC(=O)C1=C(C)N=c2s/c(=C\c3cccc(OC)c3OCC)c(=O)n2[C@H]1c1c(OC)ccc2ccccc12. The van der Waals surface area contributed by atoms with Gasteiger partial charge in [0.1, 0.15) is 11.8 Å². The number of thiazole rings is 1. The molecule has 2 heterocycles. The molecule has 0 aliphatic carbocycles. The van der Waals surface area contributed by atoms with Gasteiger partial charge in [-0.25, -0.2) is 9.79 Å². The second-order valence-corrected chi connectivity index (χ2v) is 10.0. The second-order valence-electron chi connectivity index (χ2n) is 9.02. The molecule has 0 fully saturated rings. The zero-order valence-corrected chi connectivity index (χ0v) is 23.8. The van der Waals surface area contributed by atoms with E-state index in [9.17, 15) is 9.59 Å². The van der Waals surface area contributed by atoms with Gasteiger partial charge in [-0.05, 0) is 49.8 Å². The summed E-state index contributed by atoms with van der Waals surface area (Å²) in [6, 6.07) is 16.3. The van der Waals surface area contributed by atoms with E-state index in [1.165, 1.54) is 11.3 Å². The van der Waals surface area contributed by atoms with Gasteiger partial charge in [-0.2, -0.15) is 0 Å². The average molecular weight is 559 g/mol. The maximum atomic E-state index is 14.2. The summed E-state index contributed by atoms with van der Waals surface area (Å²) in [7, 11) is 3.16. The van der Waals surface area contributed by atoms with Gasteiger partial charge in [0.25, 0.3) is 5.56 Å². The number of allylic oxidation sites excluding steroid dienone is 1. The van der Waals surface area contributed by atoms with Crippen molar-refractivity contribution in [3.8, 4) is 17.2 Å². The first-order valence-electron chi connectivity index (χ1n) is 13.0. The molecular weight excluding hydrogens is 528 g/mol. The summed E-state index contributed by atoms with van der Waals surface area (Å²) < 4.78 is 24.6. The molecule has 1 aliphatic heterocycles. The van der Waals surface area contributed by atoms with Crippen LogP contribution in [0.15, 0.2) is 75.7 Å². The van der Waals surface area contributed by atoms with Crippen molar-refractivity contribution in [2.24, 2.45) is 4.99 Å². The molecule has 0 amide bonds. The first-order valence-corrected chi connectivity index (χ1v) is 13.8. The van der Waals surface area contributed by atoms with Gasteiger partial charge in [0.15, 0.2) is 16.3 Å². The Balaban J connectivity index is 1.84. The molecule has 5 rings (SSSR count). The van der Waals surface area contributed by atoms with Gasteiger partial charge in [-0.3, -0.25) is 9.36 Å². The largest absolute Gasteiger partial charge is 0.496 e. The van der Waals surface area contributed by atoms with Gasteiger partial charge in [0.2, 0.25) is 0 Å². The fraction of sp³-hybridized carbons (Fsp3) is 0.258. The third-order valence-corrected chi connectivity index (χ3v) is 7.73. The molecule has 1 atom stereocenters. The highest BCUT2D eigenvalue weighted by molar-refractivity contribution is 7.07. The van der Waals surface area contributed by atoms with Gasteiger partial charge in [0, 0.05) is 11.1 Å². The number of aromatic nitrogens is 1. The fourth-order valence-corrected chi connectivity index (χ4v) is 6.08. The number of nitrogens with zero attached hydrogens (tertiary/aromatic N) is 2. The molecule has 0 unspecified atom stereocenters. The number of ether oxygens (including phenoxy) is 4. The summed E-state index contributed by atoms with van der Waals surface area (Å²) >= 11 is 1.25. The summed E-state index contributed by atoms with van der Waals surface area (Å²) in [5.41, 5.74) is 1.90. The molecule has 40 heavy (non-hydrogen) atoms. The van der Waals surface area contributed by atoms with Crippen LogP contribution in [0.3, 0.4) is 0 Å². The second kappa shape index (κ2) is 11.4. The van der Waals surface area contributed by atoms with Crippen molar-refractivity contribution in [2.75, 3.05) is 27.4 Å². The summed E-state index contributed by atoms with van der Waals surface area (Å²) in [5, 5.41) is 1.82. The van der Waals surface area contributed by atoms with Crippen molar-refractivity contribution in [3.63, 3.8) is 0 Å². The number of rotatable bonds is 8. The monoisotopic (exact) mass is 558 g/mol. The molecule has 1 aromatic heterocycles. The normalized spacial score (nSPS) is 15.0. The van der Waals surface area contributed by atoms with E-state index in [0.29, 0.717) is 55.6 Å². The van der Waals surface area contributed by atoms with Crippen LogP contribution in [0.5, 0.6) is 17.2 Å². The molecule has 0 radical (unpaired) electrons. The van der Waals surface area contributed by atoms with Gasteiger partial charge in [-0.15, -0.1) is 0 Å². The van der Waals surface area contributed by atoms with Crippen molar-refractivity contribution < 1.29 is 23.7 Å². The first-order chi connectivity index (χ1) is 19.4. The number of fused-ring (bicyclic) bond motifs is 2. The Morgan fingerprint density at radius 1 is 1.00 bits per heavy atom. The third-order valence-electron chi connectivity index (χ3n) is 6.75. The minimum absolute atomic E-state index is 0.190. The Hall–Kier alpha value is -4.37. The van der Waals surface area contributed by atoms with E-state index in [1.54, 1.807) is 38.7 Å². The van der Waals surface area contributed by atoms with Crippen LogP contribution in [-0.2, 0) is 9.53 Å².